The monoisotopic (exact) mass is 245 g/mol. The van der Waals surface area contributed by atoms with Crippen molar-refractivity contribution >= 4 is 25.8 Å². The molecule has 5 radical (unpaired) electrons. The molecule has 1 nitrogen and oxygen atoms in total. The Morgan fingerprint density at radius 1 is 1.12 bits per heavy atom. The maximum atomic E-state index is 5.02. The Hall–Kier alpha value is -0.646. The van der Waals surface area contributed by atoms with Gasteiger partial charge in [0.2, 0.25) is 10.5 Å². The molecule has 0 saturated carbocycles. The molecule has 0 heterocycles. The third-order valence-electron chi connectivity index (χ3n) is 3.23. The second-order valence-electron chi connectivity index (χ2n) is 4.13. The van der Waals surface area contributed by atoms with E-state index in [1.54, 1.807) is 0 Å². The Kier molecular flexibility index (Phi) is 4.71. The molecule has 0 unspecified atom stereocenters. The van der Waals surface area contributed by atoms with Crippen LogP contribution in [0.15, 0.2) is 17.3 Å². The lowest BCUT2D eigenvalue weighted by atomic mass is 9.94. The van der Waals surface area contributed by atoms with Gasteiger partial charge in [0.15, 0.2) is 0 Å². The van der Waals surface area contributed by atoms with Gasteiger partial charge in [-0.2, -0.15) is 0 Å². The van der Waals surface area contributed by atoms with Crippen LogP contribution < -0.4 is 0 Å². The highest BCUT2D eigenvalue weighted by atomic mass is 28.3. The second kappa shape index (κ2) is 5.61. The zero-order chi connectivity index (χ0) is 12.3. The Morgan fingerprint density at radius 3 is 2.31 bits per heavy atom. The topological polar surface area (TPSA) is 9.23 Å². The van der Waals surface area contributed by atoms with E-state index in [1.165, 1.54) is 33.0 Å². The molecule has 1 aromatic carbocycles. The molecular weight excluding hydrogens is 228 g/mol. The summed E-state index contributed by atoms with van der Waals surface area (Å²) in [5, 5.41) is 1.28. The molecule has 0 atom stereocenters. The van der Waals surface area contributed by atoms with Gasteiger partial charge in [0.1, 0.15) is 0 Å². The van der Waals surface area contributed by atoms with Gasteiger partial charge in [-0.3, -0.25) is 0 Å². The van der Waals surface area contributed by atoms with E-state index in [0.717, 1.165) is 0 Å². The summed E-state index contributed by atoms with van der Waals surface area (Å²) in [6.07, 6.45) is 0. The molecule has 0 saturated heterocycles. The van der Waals surface area contributed by atoms with Crippen molar-refractivity contribution in [1.82, 2.24) is 0 Å². The van der Waals surface area contributed by atoms with Gasteiger partial charge in [-0.1, -0.05) is 17.3 Å². The van der Waals surface area contributed by atoms with Gasteiger partial charge in [-0.15, -0.1) is 0 Å². The average Bonchev–Trinajstić information content (AvgIpc) is 2.26. The highest BCUT2D eigenvalue weighted by Gasteiger charge is 2.08. The molecule has 0 aliphatic carbocycles. The molecule has 0 fully saturated rings. The van der Waals surface area contributed by atoms with E-state index < -0.39 is 0 Å². The van der Waals surface area contributed by atoms with Crippen LogP contribution >= 0.6 is 0 Å². The minimum atomic E-state index is 0.378. The van der Waals surface area contributed by atoms with Crippen molar-refractivity contribution in [3.05, 3.63) is 39.6 Å². The molecule has 0 bridgehead atoms. The summed E-state index contributed by atoms with van der Waals surface area (Å²) in [7, 11) is 3.44. The fourth-order valence-electron chi connectivity index (χ4n) is 1.72. The number of hydrogen-bond acceptors (Lipinski definition) is 1. The molecule has 83 valence electrons. The minimum absolute atomic E-state index is 0.378. The minimum Gasteiger partial charge on any atom is -0.454 e. The molecular formula is C13H17OSi2. The quantitative estimate of drug-likeness (QED) is 0.744. The van der Waals surface area contributed by atoms with E-state index >= 15 is 0 Å². The van der Waals surface area contributed by atoms with Gasteiger partial charge in [-0.25, -0.2) is 0 Å². The molecule has 16 heavy (non-hydrogen) atoms. The first kappa shape index (κ1) is 13.4. The van der Waals surface area contributed by atoms with Crippen molar-refractivity contribution in [3.8, 4) is 0 Å². The maximum Gasteiger partial charge on any atom is 0.251 e. The lowest BCUT2D eigenvalue weighted by Crippen LogP contribution is -2.01. The Balaban J connectivity index is 3.24. The van der Waals surface area contributed by atoms with Gasteiger partial charge < -0.3 is 4.12 Å². The summed E-state index contributed by atoms with van der Waals surface area (Å²) < 4.78 is 5.02. The summed E-state index contributed by atoms with van der Waals surface area (Å²) in [5.74, 6) is 0. The van der Waals surface area contributed by atoms with Crippen LogP contribution in [0.25, 0.3) is 5.57 Å². The van der Waals surface area contributed by atoms with Crippen molar-refractivity contribution in [1.29, 1.82) is 0 Å². The van der Waals surface area contributed by atoms with Crippen molar-refractivity contribution < 1.29 is 4.12 Å². The van der Waals surface area contributed by atoms with E-state index in [9.17, 15) is 0 Å². The molecule has 0 aliphatic heterocycles. The van der Waals surface area contributed by atoms with Gasteiger partial charge in [0.05, 0.1) is 0 Å². The first-order valence-electron chi connectivity index (χ1n) is 5.32. The van der Waals surface area contributed by atoms with E-state index in [1.807, 2.05) is 0 Å². The summed E-state index contributed by atoms with van der Waals surface area (Å²) in [6.45, 7) is 10.8. The number of rotatable bonds is 3. The Bertz CT molecular complexity index is 422. The molecule has 3 heteroatoms. The smallest absolute Gasteiger partial charge is 0.251 e. The average molecular weight is 245 g/mol. The molecule has 0 aliphatic rings. The summed E-state index contributed by atoms with van der Waals surface area (Å²) in [6, 6.07) is 4.39. The van der Waals surface area contributed by atoms with Crippen LogP contribution in [-0.2, 0) is 4.12 Å². The first-order valence-corrected chi connectivity index (χ1v) is 6.64. The lowest BCUT2D eigenvalue weighted by Gasteiger charge is -2.13. The van der Waals surface area contributed by atoms with Crippen LogP contribution in [0.4, 0.5) is 0 Å². The Labute approximate surface area is 104 Å². The van der Waals surface area contributed by atoms with E-state index in [-0.39, 0.29) is 0 Å². The summed E-state index contributed by atoms with van der Waals surface area (Å²) in [5.41, 5.74) is 6.75. The zero-order valence-corrected chi connectivity index (χ0v) is 12.6. The fourth-order valence-corrected chi connectivity index (χ4v) is 2.62. The first-order chi connectivity index (χ1) is 7.49. The molecule has 0 aromatic heterocycles. The predicted molar refractivity (Wildman–Crippen MR) is 71.5 cm³/mol. The molecule has 1 rings (SSSR count). The predicted octanol–water partition coefficient (Wildman–Crippen LogP) is 3.08. The lowest BCUT2D eigenvalue weighted by molar-refractivity contribution is 0.671. The van der Waals surface area contributed by atoms with E-state index in [0.29, 0.717) is 9.76 Å². The van der Waals surface area contributed by atoms with E-state index in [2.05, 4.69) is 57.2 Å². The number of benzene rings is 1. The van der Waals surface area contributed by atoms with Crippen molar-refractivity contribution in [2.75, 3.05) is 0 Å². The standard InChI is InChI=1S/C13H17OSi2/c1-8-6-7-13(10(3)9(8)2)11(4)12(5)16-14-15/h6-7H,1-5H3. The zero-order valence-electron chi connectivity index (χ0n) is 10.6. The fraction of sp³-hybridized carbons (Fsp3) is 0.385. The van der Waals surface area contributed by atoms with Crippen LogP contribution in [0.1, 0.15) is 36.1 Å². The Morgan fingerprint density at radius 2 is 1.75 bits per heavy atom. The summed E-state index contributed by atoms with van der Waals surface area (Å²) >= 11 is 0. The second-order valence-corrected chi connectivity index (χ2v) is 5.90. The highest BCUT2D eigenvalue weighted by molar-refractivity contribution is 6.44. The van der Waals surface area contributed by atoms with Gasteiger partial charge in [0.25, 0.3) is 9.76 Å². The van der Waals surface area contributed by atoms with E-state index in [4.69, 9.17) is 4.12 Å². The van der Waals surface area contributed by atoms with Crippen molar-refractivity contribution in [2.45, 2.75) is 34.6 Å². The normalized spacial score (nSPS) is 12.6. The third-order valence-corrected chi connectivity index (χ3v) is 4.32. The maximum absolute atomic E-state index is 5.02. The molecule has 1 aromatic rings. The van der Waals surface area contributed by atoms with Crippen molar-refractivity contribution in [3.63, 3.8) is 0 Å². The molecule has 0 spiro atoms. The summed E-state index contributed by atoms with van der Waals surface area (Å²) in [4.78, 5) is 0. The van der Waals surface area contributed by atoms with Crippen LogP contribution in [-0.4, -0.2) is 20.2 Å². The third kappa shape index (κ3) is 2.72. The van der Waals surface area contributed by atoms with Crippen molar-refractivity contribution in [2.24, 2.45) is 0 Å². The van der Waals surface area contributed by atoms with Crippen LogP contribution in [0.3, 0.4) is 0 Å². The number of allylic oxidation sites excluding steroid dienone is 2. The number of aryl methyl sites for hydroxylation is 1. The van der Waals surface area contributed by atoms with Gasteiger partial charge in [0, 0.05) is 0 Å². The molecule has 0 amide bonds. The largest absolute Gasteiger partial charge is 0.454 e. The van der Waals surface area contributed by atoms with Crippen LogP contribution in [0, 0.1) is 20.8 Å². The van der Waals surface area contributed by atoms with Crippen LogP contribution in [0.2, 0.25) is 0 Å². The van der Waals surface area contributed by atoms with Crippen LogP contribution in [0.5, 0.6) is 0 Å². The molecule has 0 N–H and O–H groups in total. The van der Waals surface area contributed by atoms with Gasteiger partial charge >= 0.3 is 0 Å². The highest BCUT2D eigenvalue weighted by Crippen LogP contribution is 2.25. The SMILES string of the molecule is CC([Si]O[Si])=C(C)c1ccc(C)c(C)c1C. The number of hydrogen-bond donors (Lipinski definition) is 0. The van der Waals surface area contributed by atoms with Gasteiger partial charge in [-0.05, 0) is 62.4 Å².